The molecule has 0 saturated carbocycles. The van der Waals surface area contributed by atoms with Crippen LogP contribution in [0.5, 0.6) is 0 Å². The van der Waals surface area contributed by atoms with E-state index in [4.69, 9.17) is 0 Å². The second-order valence-electron chi connectivity index (χ2n) is 29.9. The van der Waals surface area contributed by atoms with Crippen LogP contribution in [0.1, 0.15) is 164 Å². The molecule has 0 atom stereocenters. The Hall–Kier alpha value is -8.13. The van der Waals surface area contributed by atoms with Gasteiger partial charge in [-0.2, -0.15) is 5.26 Å². The first-order chi connectivity index (χ1) is 38.9. The lowest BCUT2D eigenvalue weighted by Gasteiger charge is -2.29. The van der Waals surface area contributed by atoms with Gasteiger partial charge in [-0.15, -0.1) is 0 Å². The van der Waals surface area contributed by atoms with Gasteiger partial charge in [0.2, 0.25) is 0 Å². The van der Waals surface area contributed by atoms with Crippen LogP contribution in [0.25, 0.3) is 105 Å². The van der Waals surface area contributed by atoms with Crippen molar-refractivity contribution < 1.29 is 0 Å². The average molecular weight is 1090 g/mol. The summed E-state index contributed by atoms with van der Waals surface area (Å²) in [5.41, 5.74) is 20.7. The largest absolute Gasteiger partial charge is 0.308 e. The van der Waals surface area contributed by atoms with Crippen molar-refractivity contribution in [2.75, 3.05) is 0 Å². The molecule has 0 radical (unpaired) electrons. The second-order valence-corrected chi connectivity index (χ2v) is 29.9. The van der Waals surface area contributed by atoms with Crippen LogP contribution in [-0.4, -0.2) is 13.7 Å². The zero-order valence-corrected chi connectivity index (χ0v) is 52.5. The van der Waals surface area contributed by atoms with Crippen molar-refractivity contribution in [1.82, 2.24) is 13.7 Å². The molecule has 418 valence electrons. The Morgan fingerprint density at radius 2 is 0.470 bits per heavy atom. The molecule has 0 aliphatic heterocycles. The minimum atomic E-state index is -0.110. The summed E-state index contributed by atoms with van der Waals surface area (Å²) in [5, 5.41) is 20.0. The van der Waals surface area contributed by atoms with Gasteiger partial charge in [0.1, 0.15) is 11.6 Å². The quantitative estimate of drug-likeness (QED) is 0.169. The molecule has 4 nitrogen and oxygen atoms in total. The van der Waals surface area contributed by atoms with Gasteiger partial charge < -0.3 is 13.7 Å². The fourth-order valence-corrected chi connectivity index (χ4v) is 12.8. The number of nitriles is 1. The minimum absolute atomic E-state index is 0.101. The molecule has 9 aromatic carbocycles. The predicted molar refractivity (Wildman–Crippen MR) is 357 cm³/mol. The van der Waals surface area contributed by atoms with Gasteiger partial charge in [-0.3, -0.25) is 0 Å². The molecule has 0 spiro atoms. The maximum atomic E-state index is 12.9. The van der Waals surface area contributed by atoms with Crippen molar-refractivity contribution in [3.05, 3.63) is 209 Å². The van der Waals surface area contributed by atoms with Crippen molar-refractivity contribution in [2.45, 2.75) is 157 Å². The fourth-order valence-electron chi connectivity index (χ4n) is 12.8. The van der Waals surface area contributed by atoms with Crippen LogP contribution in [0, 0.1) is 11.3 Å². The standard InChI is InChI=1S/C79H82N4/c1-74(2,3)50-29-35-63-56(41-50)57-42-51(75(4,5)6)30-36-64(57)81(63)71-62(47-80)72(82-65-37-31-52(76(7,8)9)43-58(65)59-44-53(77(10,11)12)32-38-66(59)82)70(49-27-23-20-24-28-49)73(69(71)48-25-21-19-22-26-48)83-67-39-33-54(78(13,14)15)45-60(67)61-46-55(79(16,17)18)34-40-68(61)83/h19-46H,1-18H3. The van der Waals surface area contributed by atoms with Crippen LogP contribution in [0.15, 0.2) is 170 Å². The zero-order valence-electron chi connectivity index (χ0n) is 52.5. The lowest BCUT2D eigenvalue weighted by molar-refractivity contribution is 0.590. The van der Waals surface area contributed by atoms with Crippen molar-refractivity contribution in [2.24, 2.45) is 0 Å². The normalized spacial score (nSPS) is 13.2. The molecule has 0 aliphatic rings. The van der Waals surface area contributed by atoms with Gasteiger partial charge in [-0.05, 0) is 150 Å². The average Bonchev–Trinajstić information content (AvgIpc) is 3.37. The summed E-state index contributed by atoms with van der Waals surface area (Å²) in [5.74, 6) is 0. The molecule has 83 heavy (non-hydrogen) atoms. The van der Waals surface area contributed by atoms with Crippen LogP contribution in [0.2, 0.25) is 0 Å². The van der Waals surface area contributed by atoms with E-state index in [9.17, 15) is 5.26 Å². The molecule has 3 heterocycles. The van der Waals surface area contributed by atoms with Crippen LogP contribution >= 0.6 is 0 Å². The molecule has 0 fully saturated rings. The van der Waals surface area contributed by atoms with Gasteiger partial charge in [0.05, 0.1) is 50.2 Å². The molecule has 0 N–H and O–H groups in total. The third-order valence-electron chi connectivity index (χ3n) is 17.8. The molecule has 0 aliphatic carbocycles. The predicted octanol–water partition coefficient (Wildman–Crippen LogP) is 22.0. The number of rotatable bonds is 5. The Morgan fingerprint density at radius 1 is 0.265 bits per heavy atom. The number of aromatic nitrogens is 3. The Morgan fingerprint density at radius 3 is 0.663 bits per heavy atom. The monoisotopic (exact) mass is 1090 g/mol. The summed E-state index contributed by atoms with van der Waals surface area (Å²) in [6.07, 6.45) is 0. The summed E-state index contributed by atoms with van der Waals surface area (Å²) in [4.78, 5) is 0. The maximum Gasteiger partial charge on any atom is 0.104 e. The smallest absolute Gasteiger partial charge is 0.104 e. The van der Waals surface area contributed by atoms with Crippen molar-refractivity contribution in [1.29, 1.82) is 5.26 Å². The SMILES string of the molecule is CC(C)(C)c1ccc2c(c1)c1cc(C(C)(C)C)ccc1n2-c1c(C#N)c(-n2c3ccc(C(C)(C)C)cc3c3cc(C(C)(C)C)ccc32)c(-c2ccccc2)c(-n2c3ccc(C(C)(C)C)cc3c3cc(C(C)(C)C)ccc32)c1-c1ccccc1. The summed E-state index contributed by atoms with van der Waals surface area (Å²) >= 11 is 0. The first-order valence-electron chi connectivity index (χ1n) is 30.0. The highest BCUT2D eigenvalue weighted by molar-refractivity contribution is 6.16. The molecule has 3 aromatic heterocycles. The van der Waals surface area contributed by atoms with Gasteiger partial charge >= 0.3 is 0 Å². The number of benzene rings is 9. The molecule has 4 heteroatoms. The molecule has 0 saturated heterocycles. The van der Waals surface area contributed by atoms with Crippen molar-refractivity contribution in [3.63, 3.8) is 0 Å². The number of hydrogen-bond acceptors (Lipinski definition) is 1. The molecule has 0 bridgehead atoms. The fraction of sp³-hybridized carbons (Fsp3) is 0.304. The van der Waals surface area contributed by atoms with Gasteiger partial charge in [-0.1, -0.05) is 222 Å². The summed E-state index contributed by atoms with van der Waals surface area (Å²) in [6, 6.07) is 67.6. The highest BCUT2D eigenvalue weighted by atomic mass is 15.1. The highest BCUT2D eigenvalue weighted by Gasteiger charge is 2.35. The van der Waals surface area contributed by atoms with Crippen molar-refractivity contribution in [3.8, 4) is 45.4 Å². The molecule has 12 aromatic rings. The van der Waals surface area contributed by atoms with Crippen molar-refractivity contribution >= 4 is 65.4 Å². The van der Waals surface area contributed by atoms with Crippen LogP contribution < -0.4 is 0 Å². The van der Waals surface area contributed by atoms with Crippen LogP contribution in [0.3, 0.4) is 0 Å². The van der Waals surface area contributed by atoms with E-state index >= 15 is 0 Å². The summed E-state index contributed by atoms with van der Waals surface area (Å²) in [7, 11) is 0. The molecular formula is C79H82N4. The molecule has 0 unspecified atom stereocenters. The van der Waals surface area contributed by atoms with Crippen LogP contribution in [-0.2, 0) is 32.5 Å². The van der Waals surface area contributed by atoms with Gasteiger partial charge in [-0.25, -0.2) is 0 Å². The Balaban J connectivity index is 1.43. The Labute approximate surface area is 493 Å². The van der Waals surface area contributed by atoms with E-state index in [-0.39, 0.29) is 32.5 Å². The summed E-state index contributed by atoms with van der Waals surface area (Å²) < 4.78 is 7.52. The summed E-state index contributed by atoms with van der Waals surface area (Å²) in [6.45, 7) is 41.5. The van der Waals surface area contributed by atoms with Gasteiger partial charge in [0.25, 0.3) is 0 Å². The van der Waals surface area contributed by atoms with E-state index in [1.807, 2.05) is 0 Å². The molecule has 0 amide bonds. The second kappa shape index (κ2) is 19.0. The van der Waals surface area contributed by atoms with E-state index in [1.165, 1.54) is 65.7 Å². The van der Waals surface area contributed by atoms with E-state index in [0.29, 0.717) is 5.56 Å². The molecular weight excluding hydrogens is 1000 g/mol. The molecule has 12 rings (SSSR count). The maximum absolute atomic E-state index is 12.9. The first kappa shape index (κ1) is 55.4. The lowest BCUT2D eigenvalue weighted by Crippen LogP contribution is -2.14. The van der Waals surface area contributed by atoms with E-state index in [2.05, 4.69) is 314 Å². The topological polar surface area (TPSA) is 38.6 Å². The van der Waals surface area contributed by atoms with E-state index in [0.717, 1.165) is 72.4 Å². The minimum Gasteiger partial charge on any atom is -0.308 e. The number of fused-ring (bicyclic) bond motifs is 9. The van der Waals surface area contributed by atoms with Crippen LogP contribution in [0.4, 0.5) is 0 Å². The Bertz CT molecular complexity index is 4210. The Kier molecular flexibility index (Phi) is 12.7. The third-order valence-corrected chi connectivity index (χ3v) is 17.8. The first-order valence-corrected chi connectivity index (χ1v) is 30.0. The number of hydrogen-bond donors (Lipinski definition) is 0. The van der Waals surface area contributed by atoms with Gasteiger partial charge in [0.15, 0.2) is 0 Å². The highest BCUT2D eigenvalue weighted by Crippen LogP contribution is 2.53. The third kappa shape index (κ3) is 9.18. The van der Waals surface area contributed by atoms with E-state index in [1.54, 1.807) is 0 Å². The number of nitrogens with zero attached hydrogens (tertiary/aromatic N) is 4. The lowest BCUT2D eigenvalue weighted by atomic mass is 9.85. The van der Waals surface area contributed by atoms with Gasteiger partial charge in [0, 0.05) is 43.4 Å². The zero-order chi connectivity index (χ0) is 59.2. The van der Waals surface area contributed by atoms with E-state index < -0.39 is 0 Å².